The molecule has 0 aliphatic carbocycles. The Labute approximate surface area is 124 Å². The summed E-state index contributed by atoms with van der Waals surface area (Å²) in [5, 5.41) is 8.72. The van der Waals surface area contributed by atoms with Gasteiger partial charge in [-0.05, 0) is 30.4 Å². The van der Waals surface area contributed by atoms with Crippen molar-refractivity contribution in [3.63, 3.8) is 0 Å². The van der Waals surface area contributed by atoms with Gasteiger partial charge < -0.3 is 5.11 Å². The molecule has 0 spiro atoms. The molecule has 21 heavy (non-hydrogen) atoms. The highest BCUT2D eigenvalue weighted by molar-refractivity contribution is 7.89. The Bertz CT molecular complexity index is 617. The van der Waals surface area contributed by atoms with Crippen molar-refractivity contribution in [2.24, 2.45) is 5.41 Å². The van der Waals surface area contributed by atoms with E-state index in [0.717, 1.165) is 25.5 Å². The van der Waals surface area contributed by atoms with Crippen LogP contribution in [0.3, 0.4) is 0 Å². The van der Waals surface area contributed by atoms with Gasteiger partial charge in [0.1, 0.15) is 0 Å². The van der Waals surface area contributed by atoms with Gasteiger partial charge >= 0.3 is 5.97 Å². The van der Waals surface area contributed by atoms with Gasteiger partial charge in [0.05, 0.1) is 5.56 Å². The minimum Gasteiger partial charge on any atom is -0.478 e. The standard InChI is InChI=1S/C14H20N2O4S/c1-3-14(2)6-8-16(9-7-14)21(19,20)12-5-4-11(10-15-12)13(17)18/h4-5,10H,3,6-9H2,1-2H3,(H,17,18). The number of hydrogen-bond donors (Lipinski definition) is 1. The van der Waals surface area contributed by atoms with Crippen LogP contribution in [0.4, 0.5) is 0 Å². The molecular formula is C14H20N2O4S. The number of piperidine rings is 1. The maximum atomic E-state index is 12.5. The molecule has 1 aliphatic heterocycles. The number of carboxylic acids is 1. The first-order chi connectivity index (χ1) is 9.78. The van der Waals surface area contributed by atoms with E-state index in [-0.39, 0.29) is 16.0 Å². The summed E-state index contributed by atoms with van der Waals surface area (Å²) in [6.45, 7) is 5.26. The van der Waals surface area contributed by atoms with Crippen LogP contribution in [0.25, 0.3) is 0 Å². The minimum absolute atomic E-state index is 0.0221. The number of rotatable bonds is 4. The maximum Gasteiger partial charge on any atom is 0.337 e. The minimum atomic E-state index is -3.63. The summed E-state index contributed by atoms with van der Waals surface area (Å²) in [6, 6.07) is 2.52. The van der Waals surface area contributed by atoms with Crippen molar-refractivity contribution in [1.29, 1.82) is 0 Å². The van der Waals surface area contributed by atoms with E-state index >= 15 is 0 Å². The maximum absolute atomic E-state index is 12.5. The van der Waals surface area contributed by atoms with Crippen LogP contribution in [0, 0.1) is 5.41 Å². The van der Waals surface area contributed by atoms with Crippen LogP contribution in [-0.4, -0.2) is 41.9 Å². The van der Waals surface area contributed by atoms with Crippen LogP contribution in [-0.2, 0) is 10.0 Å². The molecule has 0 amide bonds. The lowest BCUT2D eigenvalue weighted by atomic mass is 9.79. The molecule has 7 heteroatoms. The number of aromatic nitrogens is 1. The van der Waals surface area contributed by atoms with Gasteiger partial charge in [-0.1, -0.05) is 20.3 Å². The van der Waals surface area contributed by atoms with Crippen LogP contribution in [0.15, 0.2) is 23.4 Å². The van der Waals surface area contributed by atoms with E-state index in [4.69, 9.17) is 5.11 Å². The molecule has 0 saturated carbocycles. The molecule has 116 valence electrons. The first-order valence-electron chi connectivity index (χ1n) is 6.98. The van der Waals surface area contributed by atoms with E-state index in [1.54, 1.807) is 0 Å². The molecule has 1 aliphatic rings. The second-order valence-electron chi connectivity index (χ2n) is 5.76. The summed E-state index contributed by atoms with van der Waals surface area (Å²) in [5.41, 5.74) is 0.179. The van der Waals surface area contributed by atoms with Gasteiger partial charge in [-0.25, -0.2) is 18.2 Å². The molecule has 1 aromatic rings. The smallest absolute Gasteiger partial charge is 0.337 e. The summed E-state index contributed by atoms with van der Waals surface area (Å²) in [6.07, 6.45) is 3.77. The van der Waals surface area contributed by atoms with Crippen molar-refractivity contribution in [2.75, 3.05) is 13.1 Å². The van der Waals surface area contributed by atoms with Crippen LogP contribution >= 0.6 is 0 Å². The van der Waals surface area contributed by atoms with Gasteiger partial charge in [-0.3, -0.25) is 0 Å². The van der Waals surface area contributed by atoms with Gasteiger partial charge in [0.15, 0.2) is 5.03 Å². The van der Waals surface area contributed by atoms with E-state index < -0.39 is 16.0 Å². The van der Waals surface area contributed by atoms with Crippen molar-refractivity contribution in [1.82, 2.24) is 9.29 Å². The highest BCUT2D eigenvalue weighted by Gasteiger charge is 2.34. The predicted molar refractivity (Wildman–Crippen MR) is 77.6 cm³/mol. The van der Waals surface area contributed by atoms with Gasteiger partial charge in [-0.2, -0.15) is 4.31 Å². The number of aromatic carboxylic acids is 1. The fourth-order valence-electron chi connectivity index (χ4n) is 2.41. The molecule has 0 bridgehead atoms. The molecule has 0 atom stereocenters. The molecule has 1 saturated heterocycles. The zero-order valence-corrected chi connectivity index (χ0v) is 13.1. The zero-order chi connectivity index (χ0) is 15.7. The second-order valence-corrected chi connectivity index (χ2v) is 7.64. The molecule has 2 heterocycles. The highest BCUT2D eigenvalue weighted by atomic mass is 32.2. The Morgan fingerprint density at radius 2 is 2.00 bits per heavy atom. The highest BCUT2D eigenvalue weighted by Crippen LogP contribution is 2.35. The van der Waals surface area contributed by atoms with Crippen molar-refractivity contribution >= 4 is 16.0 Å². The van der Waals surface area contributed by atoms with E-state index in [2.05, 4.69) is 18.8 Å². The molecule has 1 N–H and O–H groups in total. The molecule has 0 unspecified atom stereocenters. The number of nitrogens with zero attached hydrogens (tertiary/aromatic N) is 2. The molecule has 0 radical (unpaired) electrons. The van der Waals surface area contributed by atoms with E-state index in [1.165, 1.54) is 16.4 Å². The monoisotopic (exact) mass is 312 g/mol. The summed E-state index contributed by atoms with van der Waals surface area (Å²) < 4.78 is 26.4. The summed E-state index contributed by atoms with van der Waals surface area (Å²) >= 11 is 0. The number of carboxylic acid groups (broad SMARTS) is 1. The van der Waals surface area contributed by atoms with Gasteiger partial charge in [0, 0.05) is 19.3 Å². The van der Waals surface area contributed by atoms with E-state index in [0.29, 0.717) is 13.1 Å². The van der Waals surface area contributed by atoms with Crippen LogP contribution in [0.2, 0.25) is 0 Å². The summed E-state index contributed by atoms with van der Waals surface area (Å²) in [7, 11) is -3.63. The summed E-state index contributed by atoms with van der Waals surface area (Å²) in [5.74, 6) is -1.12. The van der Waals surface area contributed by atoms with Crippen LogP contribution in [0.5, 0.6) is 0 Å². The Hall–Kier alpha value is -1.47. The molecule has 6 nitrogen and oxygen atoms in total. The third-order valence-electron chi connectivity index (χ3n) is 4.37. The molecule has 2 rings (SSSR count). The Morgan fingerprint density at radius 1 is 1.38 bits per heavy atom. The van der Waals surface area contributed by atoms with Gasteiger partial charge in [0.25, 0.3) is 10.0 Å². The average molecular weight is 312 g/mol. The van der Waals surface area contributed by atoms with Crippen molar-refractivity contribution < 1.29 is 18.3 Å². The van der Waals surface area contributed by atoms with Crippen molar-refractivity contribution in [3.8, 4) is 0 Å². The topological polar surface area (TPSA) is 87.6 Å². The van der Waals surface area contributed by atoms with Crippen molar-refractivity contribution in [3.05, 3.63) is 23.9 Å². The zero-order valence-electron chi connectivity index (χ0n) is 12.2. The van der Waals surface area contributed by atoms with Gasteiger partial charge in [0.2, 0.25) is 0 Å². The molecular weight excluding hydrogens is 292 g/mol. The summed E-state index contributed by atoms with van der Waals surface area (Å²) in [4.78, 5) is 14.6. The third-order valence-corrected chi connectivity index (χ3v) is 6.19. The number of sulfonamides is 1. The average Bonchev–Trinajstić information content (AvgIpc) is 2.48. The fraction of sp³-hybridized carbons (Fsp3) is 0.571. The number of carbonyl (C=O) groups is 1. The lowest BCUT2D eigenvalue weighted by Gasteiger charge is -2.37. The van der Waals surface area contributed by atoms with Crippen molar-refractivity contribution in [2.45, 2.75) is 38.1 Å². The Kier molecular flexibility index (Phi) is 4.34. The SMILES string of the molecule is CCC1(C)CCN(S(=O)(=O)c2ccc(C(=O)O)cn2)CC1. The first-order valence-corrected chi connectivity index (χ1v) is 8.42. The fourth-order valence-corrected chi connectivity index (χ4v) is 3.77. The van der Waals surface area contributed by atoms with Crippen LogP contribution in [0.1, 0.15) is 43.5 Å². The largest absolute Gasteiger partial charge is 0.478 e. The van der Waals surface area contributed by atoms with E-state index in [9.17, 15) is 13.2 Å². The molecule has 0 aromatic carbocycles. The third kappa shape index (κ3) is 3.24. The quantitative estimate of drug-likeness (QED) is 0.918. The second kappa shape index (κ2) is 5.73. The number of hydrogen-bond acceptors (Lipinski definition) is 4. The lowest BCUT2D eigenvalue weighted by Crippen LogP contribution is -2.42. The first kappa shape index (κ1) is 15.9. The van der Waals surface area contributed by atoms with Gasteiger partial charge in [-0.15, -0.1) is 0 Å². The number of pyridine rings is 1. The lowest BCUT2D eigenvalue weighted by molar-refractivity contribution is 0.0696. The van der Waals surface area contributed by atoms with E-state index in [1.807, 2.05) is 0 Å². The predicted octanol–water partition coefficient (Wildman–Crippen LogP) is 1.98. The normalized spacial score (nSPS) is 19.3. The Morgan fingerprint density at radius 3 is 2.43 bits per heavy atom. The molecule has 1 fully saturated rings. The Balaban J connectivity index is 2.17. The van der Waals surface area contributed by atoms with Crippen LogP contribution < -0.4 is 0 Å². The molecule has 1 aromatic heterocycles.